The largest absolute Gasteiger partial charge is 0.328 e. The third-order valence-corrected chi connectivity index (χ3v) is 6.73. The fraction of sp³-hybridized carbons (Fsp3) is 1.00. The van der Waals surface area contributed by atoms with Crippen LogP contribution in [0.1, 0.15) is 109 Å². The normalized spacial score (nSPS) is 32.7. The van der Waals surface area contributed by atoms with Crippen molar-refractivity contribution in [1.82, 2.24) is 10.6 Å². The highest BCUT2D eigenvalue weighted by atomic mass is 14.9. The zero-order chi connectivity index (χ0) is 19.2. The third kappa shape index (κ3) is 11.4. The van der Waals surface area contributed by atoms with Gasteiger partial charge in [0, 0.05) is 24.2 Å². The quantitative estimate of drug-likeness (QED) is 0.521. The van der Waals surface area contributed by atoms with Crippen LogP contribution in [0.25, 0.3) is 0 Å². The van der Waals surface area contributed by atoms with Crippen molar-refractivity contribution in [2.75, 3.05) is 13.1 Å². The Bertz CT molecular complexity index is 293. The molecule has 4 heteroatoms. The highest BCUT2D eigenvalue weighted by Crippen LogP contribution is 2.18. The van der Waals surface area contributed by atoms with E-state index in [0.717, 1.165) is 12.1 Å². The summed E-state index contributed by atoms with van der Waals surface area (Å²) in [6.07, 6.45) is 22.1. The Balaban J connectivity index is 1.54. The minimum atomic E-state index is 0.458. The Morgan fingerprint density at radius 3 is 1.11 bits per heavy atom. The van der Waals surface area contributed by atoms with E-state index in [4.69, 9.17) is 11.5 Å². The summed E-state index contributed by atoms with van der Waals surface area (Å²) in [4.78, 5) is 0. The zero-order valence-electron chi connectivity index (χ0n) is 17.9. The van der Waals surface area contributed by atoms with Crippen LogP contribution in [0.5, 0.6) is 0 Å². The molecule has 2 aliphatic rings. The molecular weight excluding hydrogens is 332 g/mol. The van der Waals surface area contributed by atoms with Crippen molar-refractivity contribution in [2.24, 2.45) is 11.5 Å². The van der Waals surface area contributed by atoms with Gasteiger partial charge in [-0.2, -0.15) is 0 Å². The predicted octanol–water partition coefficient (Wildman–Crippen LogP) is 4.22. The lowest BCUT2D eigenvalue weighted by molar-refractivity contribution is 0.368. The Morgan fingerprint density at radius 1 is 0.481 bits per heavy atom. The summed E-state index contributed by atoms with van der Waals surface area (Å²) in [5.74, 6) is 0. The second kappa shape index (κ2) is 14.8. The molecule has 27 heavy (non-hydrogen) atoms. The minimum Gasteiger partial charge on any atom is -0.328 e. The van der Waals surface area contributed by atoms with Crippen molar-refractivity contribution < 1.29 is 0 Å². The van der Waals surface area contributed by atoms with Gasteiger partial charge in [0.15, 0.2) is 0 Å². The van der Waals surface area contributed by atoms with Crippen molar-refractivity contribution in [1.29, 1.82) is 0 Å². The van der Waals surface area contributed by atoms with Gasteiger partial charge in [0.1, 0.15) is 0 Å². The van der Waals surface area contributed by atoms with E-state index in [2.05, 4.69) is 10.6 Å². The summed E-state index contributed by atoms with van der Waals surface area (Å²) in [5, 5.41) is 7.69. The second-order valence-electron chi connectivity index (χ2n) is 9.31. The van der Waals surface area contributed by atoms with Crippen LogP contribution in [-0.2, 0) is 0 Å². The molecule has 2 aliphatic carbocycles. The number of nitrogens with one attached hydrogen (secondary N) is 2. The van der Waals surface area contributed by atoms with Gasteiger partial charge in [-0.15, -0.1) is 0 Å². The van der Waals surface area contributed by atoms with E-state index in [9.17, 15) is 0 Å². The molecule has 0 spiro atoms. The van der Waals surface area contributed by atoms with E-state index in [-0.39, 0.29) is 0 Å². The molecule has 0 aromatic heterocycles. The van der Waals surface area contributed by atoms with Gasteiger partial charge in [-0.3, -0.25) is 0 Å². The van der Waals surface area contributed by atoms with E-state index in [1.54, 1.807) is 0 Å². The molecule has 0 heterocycles. The average Bonchev–Trinajstić information content (AvgIpc) is 2.67. The molecular formula is C23H48N4. The number of hydrogen-bond donors (Lipinski definition) is 4. The van der Waals surface area contributed by atoms with Crippen molar-refractivity contribution in [2.45, 2.75) is 133 Å². The first-order valence-corrected chi connectivity index (χ1v) is 12.2. The van der Waals surface area contributed by atoms with Crippen molar-refractivity contribution in [3.8, 4) is 0 Å². The molecule has 0 saturated heterocycles. The molecule has 0 amide bonds. The molecule has 6 N–H and O–H groups in total. The molecule has 0 bridgehead atoms. The molecule has 0 unspecified atom stereocenters. The van der Waals surface area contributed by atoms with Crippen LogP contribution in [0.3, 0.4) is 0 Å². The predicted molar refractivity (Wildman–Crippen MR) is 118 cm³/mol. The Hall–Kier alpha value is -0.160. The molecule has 0 radical (unpaired) electrons. The van der Waals surface area contributed by atoms with Gasteiger partial charge in [0.2, 0.25) is 0 Å². The van der Waals surface area contributed by atoms with Gasteiger partial charge in [0.05, 0.1) is 0 Å². The highest BCUT2D eigenvalue weighted by molar-refractivity contribution is 4.74. The molecule has 0 atom stereocenters. The summed E-state index contributed by atoms with van der Waals surface area (Å²) < 4.78 is 0. The van der Waals surface area contributed by atoms with E-state index in [1.165, 1.54) is 122 Å². The molecule has 4 nitrogen and oxygen atoms in total. The van der Waals surface area contributed by atoms with Crippen LogP contribution in [-0.4, -0.2) is 37.3 Å². The summed E-state index contributed by atoms with van der Waals surface area (Å²) in [5.41, 5.74) is 12.3. The van der Waals surface area contributed by atoms with Crippen LogP contribution in [0, 0.1) is 0 Å². The Morgan fingerprint density at radius 2 is 0.778 bits per heavy atom. The number of nitrogens with two attached hydrogens (primary N) is 2. The van der Waals surface area contributed by atoms with Gasteiger partial charge in [-0.25, -0.2) is 0 Å². The highest BCUT2D eigenvalue weighted by Gasteiger charge is 2.13. The molecule has 160 valence electrons. The maximum atomic E-state index is 6.15. The summed E-state index contributed by atoms with van der Waals surface area (Å²) in [7, 11) is 0. The van der Waals surface area contributed by atoms with Gasteiger partial charge in [0.25, 0.3) is 0 Å². The van der Waals surface area contributed by atoms with Crippen LogP contribution >= 0.6 is 0 Å². The molecule has 2 fully saturated rings. The number of rotatable bonds is 6. The molecule has 2 rings (SSSR count). The lowest BCUT2D eigenvalue weighted by atomic mass is 9.95. The monoisotopic (exact) mass is 380 g/mol. The topological polar surface area (TPSA) is 76.1 Å². The first-order valence-electron chi connectivity index (χ1n) is 12.2. The standard InChI is InChI=1S/C23H48N4/c24-20-10-1-5-14-22(15-6-2-11-20)26-18-9-19-27-23-16-7-3-12-21(25)13-4-8-17-23/h20-23,26-27H,1-19,24-25H2. The number of hydrogen-bond acceptors (Lipinski definition) is 4. The van der Waals surface area contributed by atoms with Crippen molar-refractivity contribution in [3.05, 3.63) is 0 Å². The lowest BCUT2D eigenvalue weighted by Crippen LogP contribution is -2.35. The molecule has 0 aromatic rings. The van der Waals surface area contributed by atoms with E-state index in [1.807, 2.05) is 0 Å². The van der Waals surface area contributed by atoms with Crippen molar-refractivity contribution >= 4 is 0 Å². The first-order chi connectivity index (χ1) is 13.2. The molecule has 0 aromatic carbocycles. The fourth-order valence-electron chi connectivity index (χ4n) is 4.88. The van der Waals surface area contributed by atoms with E-state index < -0.39 is 0 Å². The smallest absolute Gasteiger partial charge is 0.00670 e. The van der Waals surface area contributed by atoms with Crippen LogP contribution in [0.15, 0.2) is 0 Å². The summed E-state index contributed by atoms with van der Waals surface area (Å²) in [6.45, 7) is 2.33. The third-order valence-electron chi connectivity index (χ3n) is 6.73. The SMILES string of the molecule is NC1CCCCC(NCCCNC2CCCCC(N)CCCC2)CCCC1. The summed E-state index contributed by atoms with van der Waals surface area (Å²) >= 11 is 0. The van der Waals surface area contributed by atoms with Gasteiger partial charge in [-0.05, 0) is 70.9 Å². The van der Waals surface area contributed by atoms with Crippen molar-refractivity contribution in [3.63, 3.8) is 0 Å². The Labute approximate surface area is 169 Å². The van der Waals surface area contributed by atoms with Crippen LogP contribution < -0.4 is 22.1 Å². The van der Waals surface area contributed by atoms with Gasteiger partial charge < -0.3 is 22.1 Å². The maximum absolute atomic E-state index is 6.15. The van der Waals surface area contributed by atoms with Gasteiger partial charge in [-0.1, -0.05) is 51.4 Å². The second-order valence-corrected chi connectivity index (χ2v) is 9.31. The maximum Gasteiger partial charge on any atom is 0.00670 e. The molecule has 0 aliphatic heterocycles. The average molecular weight is 381 g/mol. The van der Waals surface area contributed by atoms with Crippen LogP contribution in [0.2, 0.25) is 0 Å². The molecule has 2 saturated carbocycles. The van der Waals surface area contributed by atoms with E-state index in [0.29, 0.717) is 12.1 Å². The van der Waals surface area contributed by atoms with Crippen LogP contribution in [0.4, 0.5) is 0 Å². The fourth-order valence-corrected chi connectivity index (χ4v) is 4.88. The Kier molecular flexibility index (Phi) is 12.7. The van der Waals surface area contributed by atoms with Gasteiger partial charge >= 0.3 is 0 Å². The first kappa shape index (κ1) is 23.1. The summed E-state index contributed by atoms with van der Waals surface area (Å²) in [6, 6.07) is 2.38. The zero-order valence-corrected chi connectivity index (χ0v) is 17.9. The minimum absolute atomic E-state index is 0.458. The van der Waals surface area contributed by atoms with E-state index >= 15 is 0 Å². The lowest BCUT2D eigenvalue weighted by Gasteiger charge is -2.23.